The van der Waals surface area contributed by atoms with Gasteiger partial charge in [0, 0.05) is 19.4 Å². The minimum absolute atomic E-state index is 0.0809. The molecule has 0 fully saturated rings. The summed E-state index contributed by atoms with van der Waals surface area (Å²) in [5.41, 5.74) is 0. The van der Waals surface area contributed by atoms with Crippen LogP contribution in [0.5, 0.6) is 0 Å². The van der Waals surface area contributed by atoms with Gasteiger partial charge in [0.05, 0.1) is 6.61 Å². The molecule has 0 N–H and O–H groups in total. The van der Waals surface area contributed by atoms with Crippen LogP contribution in [0.3, 0.4) is 0 Å². The summed E-state index contributed by atoms with van der Waals surface area (Å²) in [6.07, 6.45) is 68.4. The molecular weight excluding hydrogens is 789 g/mol. The van der Waals surface area contributed by atoms with E-state index in [4.69, 9.17) is 14.2 Å². The largest absolute Gasteiger partial charge is 0.462 e. The first kappa shape index (κ1) is 61.9. The average molecular weight is 898 g/mol. The van der Waals surface area contributed by atoms with Crippen LogP contribution >= 0.6 is 0 Å². The third-order valence-electron chi connectivity index (χ3n) is 12.3. The monoisotopic (exact) mass is 897 g/mol. The fourth-order valence-electron chi connectivity index (χ4n) is 8.10. The zero-order valence-corrected chi connectivity index (χ0v) is 43.1. The maximum absolute atomic E-state index is 12.8. The summed E-state index contributed by atoms with van der Waals surface area (Å²) < 4.78 is 17.4. The first-order valence-electron chi connectivity index (χ1n) is 28.2. The molecule has 5 nitrogen and oxygen atoms in total. The van der Waals surface area contributed by atoms with E-state index in [9.17, 15) is 9.59 Å². The molecule has 0 saturated heterocycles. The summed E-state index contributed by atoms with van der Waals surface area (Å²) in [6.45, 7) is 7.82. The molecule has 0 spiro atoms. The van der Waals surface area contributed by atoms with Gasteiger partial charge < -0.3 is 14.2 Å². The zero-order chi connectivity index (χ0) is 46.3. The highest BCUT2D eigenvalue weighted by Gasteiger charge is 2.17. The van der Waals surface area contributed by atoms with Crippen molar-refractivity contribution in [3.8, 4) is 0 Å². The Morgan fingerprint density at radius 2 is 0.656 bits per heavy atom. The number of carbonyl (C=O) groups is 2. The van der Waals surface area contributed by atoms with Gasteiger partial charge in [-0.15, -0.1) is 0 Å². The van der Waals surface area contributed by atoms with Crippen molar-refractivity contribution in [2.45, 2.75) is 297 Å². The molecule has 1 atom stereocenters. The molecule has 0 heterocycles. The normalized spacial score (nSPS) is 12.5. The zero-order valence-electron chi connectivity index (χ0n) is 43.1. The number of esters is 2. The topological polar surface area (TPSA) is 61.8 Å². The Labute approximate surface area is 399 Å². The van der Waals surface area contributed by atoms with E-state index in [1.165, 1.54) is 193 Å². The second kappa shape index (κ2) is 55.2. The second-order valence-corrected chi connectivity index (χ2v) is 18.8. The standard InChI is InChI=1S/C59H108O5/c1-4-7-10-13-16-19-22-24-26-28-30-32-34-36-38-40-43-46-49-52-58(60)63-56-57(55-62-54-51-48-45-42-21-18-15-12-9-6-3)64-59(61)53-50-47-44-41-39-37-35-33-31-29-27-25-23-20-17-14-11-8-5-2/h16,19,24-27,30,32,57H,4-15,17-18,20-23,28-29,31,33-56H2,1-3H3/b19-16-,26-24-,27-25-,32-30-. The molecule has 0 aromatic rings. The van der Waals surface area contributed by atoms with Gasteiger partial charge in [-0.3, -0.25) is 9.59 Å². The van der Waals surface area contributed by atoms with Gasteiger partial charge in [0.25, 0.3) is 0 Å². The van der Waals surface area contributed by atoms with E-state index >= 15 is 0 Å². The molecule has 0 aliphatic heterocycles. The molecule has 5 heteroatoms. The van der Waals surface area contributed by atoms with Gasteiger partial charge in [0.2, 0.25) is 0 Å². The molecule has 0 bridgehead atoms. The summed E-state index contributed by atoms with van der Waals surface area (Å²) in [7, 11) is 0. The Kier molecular flexibility index (Phi) is 53.3. The van der Waals surface area contributed by atoms with Gasteiger partial charge in [-0.05, 0) is 83.5 Å². The van der Waals surface area contributed by atoms with Gasteiger partial charge in [-0.1, -0.05) is 243 Å². The Bertz CT molecular complexity index is 1060. The number of carbonyl (C=O) groups excluding carboxylic acids is 2. The van der Waals surface area contributed by atoms with Gasteiger partial charge in [-0.2, -0.15) is 0 Å². The molecule has 0 aromatic carbocycles. The molecule has 0 saturated carbocycles. The van der Waals surface area contributed by atoms with Gasteiger partial charge in [0.1, 0.15) is 6.61 Å². The minimum atomic E-state index is -0.539. The van der Waals surface area contributed by atoms with E-state index in [-0.39, 0.29) is 25.2 Å². The highest BCUT2D eigenvalue weighted by atomic mass is 16.6. The van der Waals surface area contributed by atoms with Gasteiger partial charge in [-0.25, -0.2) is 0 Å². The first-order chi connectivity index (χ1) is 31.6. The lowest BCUT2D eigenvalue weighted by Gasteiger charge is -2.18. The fourth-order valence-corrected chi connectivity index (χ4v) is 8.10. The first-order valence-corrected chi connectivity index (χ1v) is 28.2. The van der Waals surface area contributed by atoms with Crippen LogP contribution in [0.15, 0.2) is 48.6 Å². The van der Waals surface area contributed by atoms with Crippen LogP contribution in [-0.2, 0) is 23.8 Å². The molecular formula is C59H108O5. The Balaban J connectivity index is 4.20. The molecule has 0 aliphatic carbocycles. The predicted molar refractivity (Wildman–Crippen MR) is 279 cm³/mol. The number of ether oxygens (including phenoxy) is 3. The molecule has 0 rings (SSSR count). The highest BCUT2D eigenvalue weighted by Crippen LogP contribution is 2.15. The fraction of sp³-hybridized carbons (Fsp3) is 0.831. The third kappa shape index (κ3) is 52.5. The molecule has 0 aliphatic rings. The molecule has 374 valence electrons. The van der Waals surface area contributed by atoms with E-state index in [1.54, 1.807) is 0 Å². The van der Waals surface area contributed by atoms with Crippen LogP contribution < -0.4 is 0 Å². The van der Waals surface area contributed by atoms with Crippen molar-refractivity contribution >= 4 is 11.9 Å². The number of hydrogen-bond donors (Lipinski definition) is 0. The van der Waals surface area contributed by atoms with Gasteiger partial charge >= 0.3 is 11.9 Å². The number of unbranched alkanes of at least 4 members (excludes halogenated alkanes) is 33. The summed E-state index contributed by atoms with van der Waals surface area (Å²) in [5.74, 6) is -0.401. The molecule has 64 heavy (non-hydrogen) atoms. The lowest BCUT2D eigenvalue weighted by Crippen LogP contribution is -2.30. The summed E-state index contributed by atoms with van der Waals surface area (Å²) in [5, 5.41) is 0. The van der Waals surface area contributed by atoms with Crippen LogP contribution in [-0.4, -0.2) is 37.9 Å². The third-order valence-corrected chi connectivity index (χ3v) is 12.3. The minimum Gasteiger partial charge on any atom is -0.462 e. The van der Waals surface area contributed by atoms with Crippen molar-refractivity contribution in [2.75, 3.05) is 19.8 Å². The van der Waals surface area contributed by atoms with E-state index in [1.807, 2.05) is 0 Å². The Morgan fingerprint density at radius 1 is 0.344 bits per heavy atom. The van der Waals surface area contributed by atoms with Crippen LogP contribution in [0.4, 0.5) is 0 Å². The summed E-state index contributed by atoms with van der Waals surface area (Å²) >= 11 is 0. The van der Waals surface area contributed by atoms with E-state index in [2.05, 4.69) is 69.4 Å². The van der Waals surface area contributed by atoms with Crippen molar-refractivity contribution in [1.82, 2.24) is 0 Å². The maximum Gasteiger partial charge on any atom is 0.306 e. The van der Waals surface area contributed by atoms with Crippen molar-refractivity contribution in [2.24, 2.45) is 0 Å². The number of hydrogen-bond acceptors (Lipinski definition) is 5. The molecule has 0 amide bonds. The number of rotatable bonds is 52. The van der Waals surface area contributed by atoms with Crippen LogP contribution in [0.25, 0.3) is 0 Å². The highest BCUT2D eigenvalue weighted by molar-refractivity contribution is 5.70. The van der Waals surface area contributed by atoms with Crippen molar-refractivity contribution in [3.05, 3.63) is 48.6 Å². The number of allylic oxidation sites excluding steroid dienone is 8. The van der Waals surface area contributed by atoms with E-state index in [0.29, 0.717) is 19.4 Å². The lowest BCUT2D eigenvalue weighted by atomic mass is 10.1. The van der Waals surface area contributed by atoms with Crippen molar-refractivity contribution in [1.29, 1.82) is 0 Å². The molecule has 0 aromatic heterocycles. The van der Waals surface area contributed by atoms with Crippen LogP contribution in [0.2, 0.25) is 0 Å². The smallest absolute Gasteiger partial charge is 0.306 e. The van der Waals surface area contributed by atoms with E-state index in [0.717, 1.165) is 64.2 Å². The summed E-state index contributed by atoms with van der Waals surface area (Å²) in [6, 6.07) is 0. The van der Waals surface area contributed by atoms with Crippen molar-refractivity contribution < 1.29 is 23.8 Å². The van der Waals surface area contributed by atoms with Crippen LogP contribution in [0.1, 0.15) is 290 Å². The molecule has 0 radical (unpaired) electrons. The quantitative estimate of drug-likeness (QED) is 0.0346. The van der Waals surface area contributed by atoms with Gasteiger partial charge in [0.15, 0.2) is 6.10 Å². The van der Waals surface area contributed by atoms with Crippen molar-refractivity contribution in [3.63, 3.8) is 0 Å². The second-order valence-electron chi connectivity index (χ2n) is 18.8. The van der Waals surface area contributed by atoms with E-state index < -0.39 is 6.10 Å². The molecule has 1 unspecified atom stereocenters. The van der Waals surface area contributed by atoms with Crippen LogP contribution in [0, 0.1) is 0 Å². The Hall–Kier alpha value is -2.14. The SMILES string of the molecule is CCCCC/C=C\C/C=C\C/C=C\CCCCCCCCC(=O)OCC(COCCCCCCCCCCCC)OC(=O)CCCCCCCCCCC/C=C\CCCCCCCC. The summed E-state index contributed by atoms with van der Waals surface area (Å²) in [4.78, 5) is 25.5. The predicted octanol–water partition coefficient (Wildman–Crippen LogP) is 19.1. The lowest BCUT2D eigenvalue weighted by molar-refractivity contribution is -0.163. The maximum atomic E-state index is 12.8. The average Bonchev–Trinajstić information content (AvgIpc) is 3.30. The Morgan fingerprint density at radius 3 is 1.09 bits per heavy atom.